The van der Waals surface area contributed by atoms with E-state index >= 15 is 0 Å². The average Bonchev–Trinajstić information content (AvgIpc) is 2.88. The van der Waals surface area contributed by atoms with Crippen molar-refractivity contribution >= 4 is 17.9 Å². The van der Waals surface area contributed by atoms with Gasteiger partial charge in [0.2, 0.25) is 5.91 Å². The number of benzene rings is 1. The summed E-state index contributed by atoms with van der Waals surface area (Å²) in [5.74, 6) is 0.612. The number of methoxy groups -OCH3 is 1. The van der Waals surface area contributed by atoms with E-state index in [9.17, 15) is 9.59 Å². The topological polar surface area (TPSA) is 68.5 Å². The smallest absolute Gasteiger partial charge is 0.250 e. The highest BCUT2D eigenvalue weighted by Crippen LogP contribution is 2.24. The Hall–Kier alpha value is -2.40. The number of amides is 1. The molecule has 1 aromatic carbocycles. The van der Waals surface area contributed by atoms with Crippen LogP contribution in [0.5, 0.6) is 0 Å². The predicted octanol–water partition coefficient (Wildman–Crippen LogP) is 2.34. The second kappa shape index (κ2) is 5.97. The molecule has 0 aliphatic rings. The lowest BCUT2D eigenvalue weighted by atomic mass is 10.1. The van der Waals surface area contributed by atoms with Gasteiger partial charge < -0.3 is 14.5 Å². The van der Waals surface area contributed by atoms with Crippen molar-refractivity contribution in [2.75, 3.05) is 19.0 Å². The summed E-state index contributed by atoms with van der Waals surface area (Å²) in [5, 5.41) is 2.70. The summed E-state index contributed by atoms with van der Waals surface area (Å²) in [4.78, 5) is 22.0. The molecule has 0 radical (unpaired) electrons. The van der Waals surface area contributed by atoms with E-state index in [1.807, 2.05) is 6.07 Å². The highest BCUT2D eigenvalue weighted by Gasteiger charge is 2.06. The molecule has 98 valence electrons. The van der Waals surface area contributed by atoms with Crippen molar-refractivity contribution in [3.8, 4) is 11.3 Å². The van der Waals surface area contributed by atoms with Gasteiger partial charge in [0.25, 0.3) is 0 Å². The first-order chi connectivity index (χ1) is 9.22. The van der Waals surface area contributed by atoms with Gasteiger partial charge in [0, 0.05) is 18.4 Å². The Labute approximate surface area is 110 Å². The molecule has 0 atom stereocenters. The van der Waals surface area contributed by atoms with Gasteiger partial charge in [-0.1, -0.05) is 12.1 Å². The number of hydrogen-bond acceptors (Lipinski definition) is 4. The predicted molar refractivity (Wildman–Crippen MR) is 70.0 cm³/mol. The van der Waals surface area contributed by atoms with Crippen LogP contribution in [0.4, 0.5) is 5.69 Å². The minimum atomic E-state index is -0.229. The Morgan fingerprint density at radius 2 is 2.21 bits per heavy atom. The summed E-state index contributed by atoms with van der Waals surface area (Å²) < 4.78 is 10.1. The van der Waals surface area contributed by atoms with Crippen molar-refractivity contribution in [3.63, 3.8) is 0 Å². The van der Waals surface area contributed by atoms with Crippen LogP contribution in [0.2, 0.25) is 0 Å². The number of nitrogens with one attached hydrogen (secondary N) is 1. The Morgan fingerprint density at radius 3 is 2.89 bits per heavy atom. The molecule has 1 N–H and O–H groups in total. The molecular formula is C14H13NO4. The van der Waals surface area contributed by atoms with Crippen molar-refractivity contribution < 1.29 is 18.7 Å². The zero-order chi connectivity index (χ0) is 13.7. The maximum absolute atomic E-state index is 11.4. The van der Waals surface area contributed by atoms with E-state index < -0.39 is 0 Å². The molecule has 0 fully saturated rings. The fraction of sp³-hybridized carbons (Fsp3) is 0.143. The first-order valence-electron chi connectivity index (χ1n) is 5.67. The van der Waals surface area contributed by atoms with Crippen molar-refractivity contribution in [1.82, 2.24) is 0 Å². The van der Waals surface area contributed by atoms with Gasteiger partial charge in [-0.15, -0.1) is 0 Å². The van der Waals surface area contributed by atoms with Crippen LogP contribution in [0.3, 0.4) is 0 Å². The number of rotatable bonds is 5. The van der Waals surface area contributed by atoms with Crippen LogP contribution in [0, 0.1) is 0 Å². The molecule has 0 spiro atoms. The lowest BCUT2D eigenvalue weighted by molar-refractivity contribution is -0.119. The lowest BCUT2D eigenvalue weighted by Gasteiger charge is -2.05. The minimum Gasteiger partial charge on any atom is -0.453 e. The molecule has 0 aliphatic heterocycles. The summed E-state index contributed by atoms with van der Waals surface area (Å²) in [6.07, 6.45) is 0.647. The molecule has 1 amide bonds. The van der Waals surface area contributed by atoms with Gasteiger partial charge in [-0.05, 0) is 24.3 Å². The number of furan rings is 1. The molecular weight excluding hydrogens is 246 g/mol. The van der Waals surface area contributed by atoms with Crippen molar-refractivity contribution in [2.45, 2.75) is 0 Å². The molecule has 0 saturated heterocycles. The van der Waals surface area contributed by atoms with Crippen LogP contribution in [0.1, 0.15) is 10.6 Å². The Morgan fingerprint density at radius 1 is 1.37 bits per heavy atom. The third kappa shape index (κ3) is 3.29. The second-order valence-electron chi connectivity index (χ2n) is 3.88. The van der Waals surface area contributed by atoms with E-state index in [0.717, 1.165) is 5.56 Å². The summed E-state index contributed by atoms with van der Waals surface area (Å²) in [7, 11) is 1.46. The van der Waals surface area contributed by atoms with Gasteiger partial charge in [-0.3, -0.25) is 9.59 Å². The summed E-state index contributed by atoms with van der Waals surface area (Å²) >= 11 is 0. The molecule has 1 heterocycles. The number of aldehydes is 1. The standard InChI is InChI=1S/C14H13NO4/c1-18-9-14(17)15-11-4-2-3-10(7-11)13-6-5-12(8-16)19-13/h2-8H,9H2,1H3,(H,15,17). The fourth-order valence-electron chi connectivity index (χ4n) is 1.65. The Balaban J connectivity index is 2.19. The number of hydrogen-bond donors (Lipinski definition) is 1. The van der Waals surface area contributed by atoms with Crippen molar-refractivity contribution in [3.05, 3.63) is 42.2 Å². The van der Waals surface area contributed by atoms with Crippen LogP contribution in [-0.2, 0) is 9.53 Å². The van der Waals surface area contributed by atoms with Crippen LogP contribution in [0.25, 0.3) is 11.3 Å². The van der Waals surface area contributed by atoms with E-state index in [4.69, 9.17) is 9.15 Å². The quantitative estimate of drug-likeness (QED) is 0.837. The van der Waals surface area contributed by atoms with Gasteiger partial charge in [0.05, 0.1) is 0 Å². The highest BCUT2D eigenvalue weighted by molar-refractivity contribution is 5.92. The van der Waals surface area contributed by atoms with Gasteiger partial charge in [0.1, 0.15) is 12.4 Å². The maximum Gasteiger partial charge on any atom is 0.250 e. The van der Waals surface area contributed by atoms with Gasteiger partial charge >= 0.3 is 0 Å². The molecule has 2 aromatic rings. The third-order valence-electron chi connectivity index (χ3n) is 2.45. The summed E-state index contributed by atoms with van der Waals surface area (Å²) in [5.41, 5.74) is 1.42. The molecule has 0 bridgehead atoms. The molecule has 2 rings (SSSR count). The first-order valence-corrected chi connectivity index (χ1v) is 5.67. The van der Waals surface area contributed by atoms with E-state index in [-0.39, 0.29) is 18.3 Å². The monoisotopic (exact) mass is 259 g/mol. The zero-order valence-electron chi connectivity index (χ0n) is 10.4. The van der Waals surface area contributed by atoms with E-state index in [1.165, 1.54) is 7.11 Å². The number of carbonyl (C=O) groups is 2. The van der Waals surface area contributed by atoms with Gasteiger partial charge in [-0.2, -0.15) is 0 Å². The zero-order valence-corrected chi connectivity index (χ0v) is 10.4. The average molecular weight is 259 g/mol. The van der Waals surface area contributed by atoms with Gasteiger partial charge in [0.15, 0.2) is 12.0 Å². The summed E-state index contributed by atoms with van der Waals surface area (Å²) in [6, 6.07) is 10.5. The fourth-order valence-corrected chi connectivity index (χ4v) is 1.65. The van der Waals surface area contributed by atoms with Crippen LogP contribution in [-0.4, -0.2) is 25.9 Å². The lowest BCUT2D eigenvalue weighted by Crippen LogP contribution is -2.16. The molecule has 0 saturated carbocycles. The highest BCUT2D eigenvalue weighted by atomic mass is 16.5. The first kappa shape index (κ1) is 13.0. The van der Waals surface area contributed by atoms with Crippen molar-refractivity contribution in [1.29, 1.82) is 0 Å². The summed E-state index contributed by atoms with van der Waals surface area (Å²) in [6.45, 7) is 0.000267. The second-order valence-corrected chi connectivity index (χ2v) is 3.88. The van der Waals surface area contributed by atoms with Crippen LogP contribution < -0.4 is 5.32 Å². The third-order valence-corrected chi connectivity index (χ3v) is 2.45. The molecule has 5 nitrogen and oxygen atoms in total. The van der Waals surface area contributed by atoms with E-state index in [0.29, 0.717) is 17.7 Å². The van der Waals surface area contributed by atoms with E-state index in [1.54, 1.807) is 30.3 Å². The molecule has 0 unspecified atom stereocenters. The SMILES string of the molecule is COCC(=O)Nc1cccc(-c2ccc(C=O)o2)c1. The Bertz CT molecular complexity index is 589. The molecule has 1 aromatic heterocycles. The van der Waals surface area contributed by atoms with Crippen molar-refractivity contribution in [2.24, 2.45) is 0 Å². The van der Waals surface area contributed by atoms with Crippen LogP contribution >= 0.6 is 0 Å². The van der Waals surface area contributed by atoms with Gasteiger partial charge in [-0.25, -0.2) is 0 Å². The number of ether oxygens (including phenoxy) is 1. The minimum absolute atomic E-state index is 0.000267. The van der Waals surface area contributed by atoms with E-state index in [2.05, 4.69) is 5.32 Å². The normalized spacial score (nSPS) is 10.2. The largest absolute Gasteiger partial charge is 0.453 e. The number of carbonyl (C=O) groups excluding carboxylic acids is 2. The molecule has 0 aliphatic carbocycles. The number of anilines is 1. The van der Waals surface area contributed by atoms with Crippen LogP contribution in [0.15, 0.2) is 40.8 Å². The Kier molecular flexibility index (Phi) is 4.10. The molecule has 5 heteroatoms. The maximum atomic E-state index is 11.4. The molecule has 19 heavy (non-hydrogen) atoms.